The molecule has 2 aromatic heterocycles. The topological polar surface area (TPSA) is 90.0 Å². The van der Waals surface area contributed by atoms with Crippen LogP contribution >= 0.6 is 0 Å². The second kappa shape index (κ2) is 6.12. The second-order valence-corrected chi connectivity index (χ2v) is 4.24. The number of aryl methyl sites for hydroxylation is 1. The van der Waals surface area contributed by atoms with Crippen molar-refractivity contribution in [2.45, 2.75) is 20.0 Å². The summed E-state index contributed by atoms with van der Waals surface area (Å²) in [7, 11) is 0. The highest BCUT2D eigenvalue weighted by Gasteiger charge is 2.07. The zero-order chi connectivity index (χ0) is 14.5. The highest BCUT2D eigenvalue weighted by molar-refractivity contribution is 6.04. The van der Waals surface area contributed by atoms with Crippen LogP contribution in [0.3, 0.4) is 0 Å². The Kier molecular flexibility index (Phi) is 4.27. The molecule has 20 heavy (non-hydrogen) atoms. The molecule has 0 aromatic carbocycles. The lowest BCUT2D eigenvalue weighted by atomic mass is 10.2. The standard InChI is InChI=1S/C14H16N4O2/c1-2-18-9-11(3-4-13(18)19)17-14(20)10-5-6-16-12(7-10)8-15/h3-7,9H,2,8,15H2,1H3,(H,17,20). The van der Waals surface area contributed by atoms with Crippen LogP contribution in [-0.4, -0.2) is 15.5 Å². The number of nitrogens with two attached hydrogens (primary N) is 1. The molecule has 0 unspecified atom stereocenters. The molecule has 6 nitrogen and oxygen atoms in total. The smallest absolute Gasteiger partial charge is 0.255 e. The maximum absolute atomic E-state index is 12.1. The van der Waals surface area contributed by atoms with Crippen LogP contribution < -0.4 is 16.6 Å². The zero-order valence-corrected chi connectivity index (χ0v) is 11.2. The predicted octanol–water partition coefficient (Wildman–Crippen LogP) is 0.974. The minimum Gasteiger partial charge on any atom is -0.325 e. The Morgan fingerprint density at radius 1 is 1.40 bits per heavy atom. The van der Waals surface area contributed by atoms with E-state index in [4.69, 9.17) is 5.73 Å². The second-order valence-electron chi connectivity index (χ2n) is 4.24. The van der Waals surface area contributed by atoms with Crippen molar-refractivity contribution >= 4 is 11.6 Å². The molecule has 0 saturated carbocycles. The molecule has 2 heterocycles. The molecule has 0 atom stereocenters. The summed E-state index contributed by atoms with van der Waals surface area (Å²) in [6.07, 6.45) is 3.16. The molecule has 0 aliphatic rings. The summed E-state index contributed by atoms with van der Waals surface area (Å²) in [5.74, 6) is -0.261. The molecule has 6 heteroatoms. The van der Waals surface area contributed by atoms with Gasteiger partial charge in [0, 0.05) is 37.1 Å². The number of hydrogen-bond acceptors (Lipinski definition) is 4. The molecule has 0 saturated heterocycles. The lowest BCUT2D eigenvalue weighted by Gasteiger charge is -2.08. The number of amides is 1. The van der Waals surface area contributed by atoms with Gasteiger partial charge < -0.3 is 15.6 Å². The summed E-state index contributed by atoms with van der Waals surface area (Å²) < 4.78 is 1.52. The third kappa shape index (κ3) is 3.10. The van der Waals surface area contributed by atoms with Gasteiger partial charge in [-0.2, -0.15) is 0 Å². The van der Waals surface area contributed by atoms with E-state index in [2.05, 4.69) is 10.3 Å². The van der Waals surface area contributed by atoms with Crippen molar-refractivity contribution in [3.05, 3.63) is 58.3 Å². The number of carbonyl (C=O) groups excluding carboxylic acids is 1. The van der Waals surface area contributed by atoms with Crippen LogP contribution in [0, 0.1) is 0 Å². The number of carbonyl (C=O) groups is 1. The van der Waals surface area contributed by atoms with Crippen LogP contribution in [0.25, 0.3) is 0 Å². The molecule has 0 aliphatic carbocycles. The average molecular weight is 272 g/mol. The first-order valence-corrected chi connectivity index (χ1v) is 6.31. The fourth-order valence-electron chi connectivity index (χ4n) is 1.79. The predicted molar refractivity (Wildman–Crippen MR) is 76.5 cm³/mol. The highest BCUT2D eigenvalue weighted by atomic mass is 16.1. The van der Waals surface area contributed by atoms with Gasteiger partial charge in [0.1, 0.15) is 0 Å². The van der Waals surface area contributed by atoms with Gasteiger partial charge in [0.25, 0.3) is 11.5 Å². The van der Waals surface area contributed by atoms with Gasteiger partial charge in [-0.25, -0.2) is 0 Å². The van der Waals surface area contributed by atoms with E-state index in [1.807, 2.05) is 6.92 Å². The zero-order valence-electron chi connectivity index (χ0n) is 11.2. The molecule has 1 amide bonds. The van der Waals surface area contributed by atoms with Crippen LogP contribution in [0.4, 0.5) is 5.69 Å². The molecule has 0 aliphatic heterocycles. The van der Waals surface area contributed by atoms with Crippen molar-refractivity contribution in [2.75, 3.05) is 5.32 Å². The van der Waals surface area contributed by atoms with Crippen molar-refractivity contribution in [2.24, 2.45) is 5.73 Å². The Balaban J connectivity index is 2.20. The minimum absolute atomic E-state index is 0.0974. The van der Waals surface area contributed by atoms with E-state index in [1.165, 1.54) is 10.6 Å². The van der Waals surface area contributed by atoms with Crippen LogP contribution in [0.1, 0.15) is 23.0 Å². The summed E-state index contributed by atoms with van der Waals surface area (Å²) in [4.78, 5) is 27.6. The van der Waals surface area contributed by atoms with Gasteiger partial charge in [-0.15, -0.1) is 0 Å². The maximum atomic E-state index is 12.1. The number of pyridine rings is 2. The summed E-state index contributed by atoms with van der Waals surface area (Å²) in [5.41, 5.74) is 7.10. The number of rotatable bonds is 4. The van der Waals surface area contributed by atoms with E-state index in [0.29, 0.717) is 23.5 Å². The van der Waals surface area contributed by atoms with Gasteiger partial charge >= 0.3 is 0 Å². The normalized spacial score (nSPS) is 10.3. The molecule has 2 aromatic rings. The number of aromatic nitrogens is 2. The first-order valence-electron chi connectivity index (χ1n) is 6.31. The van der Waals surface area contributed by atoms with E-state index in [9.17, 15) is 9.59 Å². The monoisotopic (exact) mass is 272 g/mol. The van der Waals surface area contributed by atoms with Gasteiger partial charge in [-0.3, -0.25) is 14.6 Å². The van der Waals surface area contributed by atoms with Crippen molar-refractivity contribution in [1.29, 1.82) is 0 Å². The Morgan fingerprint density at radius 2 is 2.20 bits per heavy atom. The largest absolute Gasteiger partial charge is 0.325 e. The molecule has 0 spiro atoms. The first kappa shape index (κ1) is 14.0. The van der Waals surface area contributed by atoms with Crippen LogP contribution in [0.2, 0.25) is 0 Å². The third-order valence-corrected chi connectivity index (χ3v) is 2.87. The highest BCUT2D eigenvalue weighted by Crippen LogP contribution is 2.08. The maximum Gasteiger partial charge on any atom is 0.255 e. The van der Waals surface area contributed by atoms with E-state index >= 15 is 0 Å². The number of nitrogens with zero attached hydrogens (tertiary/aromatic N) is 2. The van der Waals surface area contributed by atoms with Crippen molar-refractivity contribution in [3.63, 3.8) is 0 Å². The SMILES string of the molecule is CCn1cc(NC(=O)c2ccnc(CN)c2)ccc1=O. The van der Waals surface area contributed by atoms with E-state index in [0.717, 1.165) is 0 Å². The quantitative estimate of drug-likeness (QED) is 0.868. The van der Waals surface area contributed by atoms with Crippen LogP contribution in [0.15, 0.2) is 41.5 Å². The fourth-order valence-corrected chi connectivity index (χ4v) is 1.79. The van der Waals surface area contributed by atoms with E-state index < -0.39 is 0 Å². The summed E-state index contributed by atoms with van der Waals surface area (Å²) in [6, 6.07) is 6.27. The fraction of sp³-hybridized carbons (Fsp3) is 0.214. The van der Waals surface area contributed by atoms with Crippen molar-refractivity contribution in [1.82, 2.24) is 9.55 Å². The van der Waals surface area contributed by atoms with Gasteiger partial charge in [0.15, 0.2) is 0 Å². The number of anilines is 1. The number of hydrogen-bond donors (Lipinski definition) is 2. The van der Waals surface area contributed by atoms with Gasteiger partial charge in [-0.1, -0.05) is 0 Å². The van der Waals surface area contributed by atoms with Crippen molar-refractivity contribution in [3.8, 4) is 0 Å². The summed E-state index contributed by atoms with van der Waals surface area (Å²) in [5, 5.41) is 2.74. The molecule has 104 valence electrons. The molecule has 0 fully saturated rings. The van der Waals surface area contributed by atoms with E-state index in [-0.39, 0.29) is 18.0 Å². The van der Waals surface area contributed by atoms with Crippen molar-refractivity contribution < 1.29 is 4.79 Å². The van der Waals surface area contributed by atoms with Crippen LogP contribution in [0.5, 0.6) is 0 Å². The Labute approximate surface area is 116 Å². The molecule has 0 bridgehead atoms. The molecule has 3 N–H and O–H groups in total. The van der Waals surface area contributed by atoms with E-state index in [1.54, 1.807) is 30.6 Å². The summed E-state index contributed by atoms with van der Waals surface area (Å²) >= 11 is 0. The Bertz CT molecular complexity index is 679. The van der Waals surface area contributed by atoms with Gasteiger partial charge in [-0.05, 0) is 25.1 Å². The molecular formula is C14H16N4O2. The molecule has 2 rings (SSSR count). The molecular weight excluding hydrogens is 256 g/mol. The van der Waals surface area contributed by atoms with Gasteiger partial charge in [0.2, 0.25) is 0 Å². The van der Waals surface area contributed by atoms with Gasteiger partial charge in [0.05, 0.1) is 11.4 Å². The average Bonchev–Trinajstić information content (AvgIpc) is 2.49. The third-order valence-electron chi connectivity index (χ3n) is 2.87. The Hall–Kier alpha value is -2.47. The molecule has 0 radical (unpaired) electrons. The lowest BCUT2D eigenvalue weighted by molar-refractivity contribution is 0.102. The minimum atomic E-state index is -0.261. The Morgan fingerprint density at radius 3 is 2.90 bits per heavy atom. The van der Waals surface area contributed by atoms with Crippen LogP contribution in [-0.2, 0) is 13.1 Å². The lowest BCUT2D eigenvalue weighted by Crippen LogP contribution is -2.20. The number of nitrogens with one attached hydrogen (secondary N) is 1. The summed E-state index contributed by atoms with van der Waals surface area (Å²) in [6.45, 7) is 2.69. The first-order chi connectivity index (χ1) is 9.63.